The summed E-state index contributed by atoms with van der Waals surface area (Å²) in [5.74, 6) is 0. The summed E-state index contributed by atoms with van der Waals surface area (Å²) >= 11 is 0. The first-order chi connectivity index (χ1) is 9.83. The van der Waals surface area contributed by atoms with Crippen LogP contribution in [0.4, 0.5) is 5.69 Å². The van der Waals surface area contributed by atoms with Crippen molar-refractivity contribution in [2.45, 2.75) is 37.8 Å². The SMILES string of the molecule is O=c1ccccn1C1CCc2c(NC3CC3)cccc21. The summed E-state index contributed by atoms with van der Waals surface area (Å²) in [4.78, 5) is 12.0. The second kappa shape index (κ2) is 4.51. The van der Waals surface area contributed by atoms with Gasteiger partial charge in [0.25, 0.3) is 5.56 Å². The minimum Gasteiger partial charge on any atom is -0.382 e. The zero-order chi connectivity index (χ0) is 13.5. The van der Waals surface area contributed by atoms with Crippen molar-refractivity contribution in [1.29, 1.82) is 0 Å². The van der Waals surface area contributed by atoms with Gasteiger partial charge in [0, 0.05) is 24.0 Å². The van der Waals surface area contributed by atoms with Crippen LogP contribution in [0.1, 0.15) is 36.4 Å². The van der Waals surface area contributed by atoms with Gasteiger partial charge in [-0.15, -0.1) is 0 Å². The minimum atomic E-state index is 0.0888. The largest absolute Gasteiger partial charge is 0.382 e. The van der Waals surface area contributed by atoms with Gasteiger partial charge in [0.15, 0.2) is 0 Å². The highest BCUT2D eigenvalue weighted by Gasteiger charge is 2.28. The molecule has 2 aliphatic rings. The molecule has 2 aliphatic carbocycles. The van der Waals surface area contributed by atoms with Crippen LogP contribution in [-0.4, -0.2) is 10.6 Å². The Morgan fingerprint density at radius 1 is 1.05 bits per heavy atom. The molecule has 0 aliphatic heterocycles. The van der Waals surface area contributed by atoms with Gasteiger partial charge in [0.05, 0.1) is 6.04 Å². The number of nitrogens with one attached hydrogen (secondary N) is 1. The zero-order valence-electron chi connectivity index (χ0n) is 11.4. The third kappa shape index (κ3) is 1.94. The molecule has 1 saturated carbocycles. The van der Waals surface area contributed by atoms with Gasteiger partial charge < -0.3 is 9.88 Å². The Kier molecular flexibility index (Phi) is 2.66. The lowest BCUT2D eigenvalue weighted by molar-refractivity contribution is 0.561. The molecule has 1 aromatic carbocycles. The van der Waals surface area contributed by atoms with E-state index < -0.39 is 0 Å². The zero-order valence-corrected chi connectivity index (χ0v) is 11.4. The molecule has 1 atom stereocenters. The molecular weight excluding hydrogens is 248 g/mol. The topological polar surface area (TPSA) is 34.0 Å². The highest BCUT2D eigenvalue weighted by Crippen LogP contribution is 2.39. The molecule has 1 unspecified atom stereocenters. The van der Waals surface area contributed by atoms with E-state index in [4.69, 9.17) is 0 Å². The first kappa shape index (κ1) is 11.8. The number of hydrogen-bond donors (Lipinski definition) is 1. The van der Waals surface area contributed by atoms with Gasteiger partial charge >= 0.3 is 0 Å². The molecule has 102 valence electrons. The van der Waals surface area contributed by atoms with E-state index in [1.165, 1.54) is 29.7 Å². The minimum absolute atomic E-state index is 0.0888. The first-order valence-corrected chi connectivity index (χ1v) is 7.38. The summed E-state index contributed by atoms with van der Waals surface area (Å²) < 4.78 is 1.87. The number of anilines is 1. The summed E-state index contributed by atoms with van der Waals surface area (Å²) in [6.45, 7) is 0. The maximum absolute atomic E-state index is 12.0. The standard InChI is InChI=1S/C17H18N2O/c20-17-6-1-2-11-19(17)16-10-9-13-14(16)4-3-5-15(13)18-12-7-8-12/h1-6,11-12,16,18H,7-10H2. The highest BCUT2D eigenvalue weighted by molar-refractivity contribution is 5.58. The lowest BCUT2D eigenvalue weighted by Crippen LogP contribution is -2.22. The summed E-state index contributed by atoms with van der Waals surface area (Å²) in [6, 6.07) is 12.7. The molecule has 3 nitrogen and oxygen atoms in total. The molecule has 1 heterocycles. The van der Waals surface area contributed by atoms with Gasteiger partial charge in [-0.1, -0.05) is 18.2 Å². The maximum Gasteiger partial charge on any atom is 0.251 e. The number of fused-ring (bicyclic) bond motifs is 1. The van der Waals surface area contributed by atoms with Crippen molar-refractivity contribution in [2.24, 2.45) is 0 Å². The van der Waals surface area contributed by atoms with E-state index in [2.05, 4.69) is 23.5 Å². The predicted molar refractivity (Wildman–Crippen MR) is 80.2 cm³/mol. The van der Waals surface area contributed by atoms with Crippen LogP contribution >= 0.6 is 0 Å². The molecule has 2 aromatic rings. The van der Waals surface area contributed by atoms with E-state index in [9.17, 15) is 4.79 Å². The van der Waals surface area contributed by atoms with Crippen LogP contribution in [0.3, 0.4) is 0 Å². The van der Waals surface area contributed by atoms with E-state index >= 15 is 0 Å². The van der Waals surface area contributed by atoms with Gasteiger partial charge in [-0.3, -0.25) is 4.79 Å². The monoisotopic (exact) mass is 266 g/mol. The number of pyridine rings is 1. The van der Waals surface area contributed by atoms with E-state index in [0.717, 1.165) is 12.8 Å². The molecule has 20 heavy (non-hydrogen) atoms. The number of nitrogens with zero attached hydrogens (tertiary/aromatic N) is 1. The molecular formula is C17H18N2O. The number of rotatable bonds is 3. The van der Waals surface area contributed by atoms with Crippen LogP contribution in [0.15, 0.2) is 47.4 Å². The van der Waals surface area contributed by atoms with Crippen molar-refractivity contribution in [3.63, 3.8) is 0 Å². The molecule has 4 rings (SSSR count). The number of hydrogen-bond acceptors (Lipinski definition) is 2. The lowest BCUT2D eigenvalue weighted by Gasteiger charge is -2.16. The van der Waals surface area contributed by atoms with E-state index in [1.54, 1.807) is 12.1 Å². The molecule has 0 spiro atoms. The molecule has 0 amide bonds. The van der Waals surface area contributed by atoms with Crippen molar-refractivity contribution >= 4 is 5.69 Å². The summed E-state index contributed by atoms with van der Waals surface area (Å²) in [5.41, 5.74) is 4.08. The predicted octanol–water partition coefficient (Wildman–Crippen LogP) is 2.96. The van der Waals surface area contributed by atoms with Crippen molar-refractivity contribution in [2.75, 3.05) is 5.32 Å². The molecule has 0 radical (unpaired) electrons. The van der Waals surface area contributed by atoms with Crippen LogP contribution in [0.5, 0.6) is 0 Å². The van der Waals surface area contributed by atoms with Gasteiger partial charge in [0.2, 0.25) is 0 Å². The fourth-order valence-electron chi connectivity index (χ4n) is 3.20. The Morgan fingerprint density at radius 3 is 2.75 bits per heavy atom. The van der Waals surface area contributed by atoms with Crippen molar-refractivity contribution in [3.05, 3.63) is 64.1 Å². The average Bonchev–Trinajstić information content (AvgIpc) is 3.17. The normalized spacial score (nSPS) is 20.7. The summed E-state index contributed by atoms with van der Waals surface area (Å²) in [6.07, 6.45) is 6.54. The second-order valence-corrected chi connectivity index (χ2v) is 5.79. The lowest BCUT2D eigenvalue weighted by atomic mass is 10.1. The van der Waals surface area contributed by atoms with Gasteiger partial charge in [-0.25, -0.2) is 0 Å². The third-order valence-corrected chi connectivity index (χ3v) is 4.36. The van der Waals surface area contributed by atoms with Crippen LogP contribution in [0.25, 0.3) is 0 Å². The van der Waals surface area contributed by atoms with Crippen molar-refractivity contribution in [3.8, 4) is 0 Å². The second-order valence-electron chi connectivity index (χ2n) is 5.79. The fraction of sp³-hybridized carbons (Fsp3) is 0.353. The first-order valence-electron chi connectivity index (χ1n) is 7.38. The van der Waals surface area contributed by atoms with Gasteiger partial charge in [0.1, 0.15) is 0 Å². The Hall–Kier alpha value is -2.03. The molecule has 0 bridgehead atoms. The summed E-state index contributed by atoms with van der Waals surface area (Å²) in [5, 5.41) is 3.62. The molecule has 0 saturated heterocycles. The van der Waals surface area contributed by atoms with E-state index in [-0.39, 0.29) is 11.6 Å². The fourth-order valence-corrected chi connectivity index (χ4v) is 3.20. The van der Waals surface area contributed by atoms with Crippen LogP contribution in [-0.2, 0) is 6.42 Å². The maximum atomic E-state index is 12.0. The Bertz CT molecular complexity index is 700. The quantitative estimate of drug-likeness (QED) is 0.926. The van der Waals surface area contributed by atoms with Crippen LogP contribution in [0.2, 0.25) is 0 Å². The molecule has 1 fully saturated rings. The average molecular weight is 266 g/mol. The van der Waals surface area contributed by atoms with E-state index in [1.807, 2.05) is 16.8 Å². The third-order valence-electron chi connectivity index (χ3n) is 4.36. The molecule has 1 aromatic heterocycles. The number of aromatic nitrogens is 1. The number of benzene rings is 1. The molecule has 3 heteroatoms. The van der Waals surface area contributed by atoms with Crippen molar-refractivity contribution in [1.82, 2.24) is 4.57 Å². The summed E-state index contributed by atoms with van der Waals surface area (Å²) in [7, 11) is 0. The highest BCUT2D eigenvalue weighted by atomic mass is 16.1. The van der Waals surface area contributed by atoms with Crippen LogP contribution in [0, 0.1) is 0 Å². The van der Waals surface area contributed by atoms with Crippen LogP contribution < -0.4 is 10.9 Å². The Balaban J connectivity index is 1.75. The Morgan fingerprint density at radius 2 is 1.95 bits per heavy atom. The smallest absolute Gasteiger partial charge is 0.251 e. The van der Waals surface area contributed by atoms with Crippen molar-refractivity contribution < 1.29 is 0 Å². The van der Waals surface area contributed by atoms with E-state index in [0.29, 0.717) is 6.04 Å². The Labute approximate surface area is 118 Å². The van der Waals surface area contributed by atoms with Gasteiger partial charge in [-0.2, -0.15) is 0 Å². The molecule has 1 N–H and O–H groups in total. The van der Waals surface area contributed by atoms with Gasteiger partial charge in [-0.05, 0) is 48.9 Å².